The second-order valence-electron chi connectivity index (χ2n) is 7.33. The Morgan fingerprint density at radius 1 is 1.19 bits per heavy atom. The summed E-state index contributed by atoms with van der Waals surface area (Å²) in [6.45, 7) is 11.7. The highest BCUT2D eigenvalue weighted by Crippen LogP contribution is 2.32. The molecule has 0 saturated heterocycles. The summed E-state index contributed by atoms with van der Waals surface area (Å²) in [5, 5.41) is 4.64. The Kier molecular flexibility index (Phi) is 5.61. The number of halogens is 1. The average molecular weight is 386 g/mol. The molecule has 27 heavy (non-hydrogen) atoms. The van der Waals surface area contributed by atoms with Crippen LogP contribution in [-0.2, 0) is 13.0 Å². The smallest absolute Gasteiger partial charge is 0.0951 e. The van der Waals surface area contributed by atoms with E-state index in [0.717, 1.165) is 31.7 Å². The summed E-state index contributed by atoms with van der Waals surface area (Å²) in [6, 6.07) is 9.25. The Bertz CT molecular complexity index is 927. The Hall–Kier alpha value is -2.27. The number of hydrogen-bond acceptors (Lipinski definition) is 3. The van der Waals surface area contributed by atoms with Crippen molar-refractivity contribution in [3.63, 3.8) is 0 Å². The van der Waals surface area contributed by atoms with Gasteiger partial charge in [0, 0.05) is 36.6 Å². The van der Waals surface area contributed by atoms with E-state index in [1.165, 1.54) is 28.2 Å². The van der Waals surface area contributed by atoms with Gasteiger partial charge >= 0.3 is 0 Å². The fourth-order valence-electron chi connectivity index (χ4n) is 4.12. The van der Waals surface area contributed by atoms with Crippen LogP contribution in [-0.4, -0.2) is 32.4 Å². The number of anilines is 1. The lowest BCUT2D eigenvalue weighted by Gasteiger charge is -2.18. The zero-order valence-corrected chi connectivity index (χ0v) is 17.3. The maximum absolute atomic E-state index is 4.64. The van der Waals surface area contributed by atoms with Gasteiger partial charge in [0.2, 0.25) is 0 Å². The van der Waals surface area contributed by atoms with Crippen LogP contribution < -0.4 is 4.90 Å². The van der Waals surface area contributed by atoms with Gasteiger partial charge in [-0.2, -0.15) is 5.10 Å². The number of aryl methyl sites for hydroxylation is 2. The highest BCUT2D eigenvalue weighted by Gasteiger charge is 2.19. The maximum Gasteiger partial charge on any atom is 0.0951 e. The molecule has 1 aromatic carbocycles. The van der Waals surface area contributed by atoms with Crippen LogP contribution in [0.3, 0.4) is 0 Å². The van der Waals surface area contributed by atoms with Crippen LogP contribution in [0.1, 0.15) is 36.8 Å². The quantitative estimate of drug-likeness (QED) is 0.652. The second kappa shape index (κ2) is 7.77. The molecule has 0 saturated carbocycles. The molecule has 4 rings (SSSR count). The van der Waals surface area contributed by atoms with Crippen LogP contribution >= 0.6 is 12.4 Å². The molecule has 1 atom stereocenters. The van der Waals surface area contributed by atoms with Crippen molar-refractivity contribution < 1.29 is 0 Å². The van der Waals surface area contributed by atoms with Gasteiger partial charge in [0.25, 0.3) is 0 Å². The van der Waals surface area contributed by atoms with Gasteiger partial charge in [0.1, 0.15) is 0 Å². The first-order valence-electron chi connectivity index (χ1n) is 9.48. The number of likely N-dealkylation sites (N-methyl/N-ethyl adjacent to an activating group) is 1. The topological polar surface area (TPSA) is 38.9 Å². The predicted octanol–water partition coefficient (Wildman–Crippen LogP) is 4.43. The van der Waals surface area contributed by atoms with Gasteiger partial charge in [-0.05, 0) is 57.9 Å². The number of nitrogens with zero attached hydrogens (tertiary/aromatic N) is 5. The summed E-state index contributed by atoms with van der Waals surface area (Å²) in [5.41, 5.74) is 7.53. The Balaban J connectivity index is 0.00000210. The maximum atomic E-state index is 4.64. The van der Waals surface area contributed by atoms with Crippen molar-refractivity contribution in [3.8, 4) is 11.3 Å². The number of imidazole rings is 1. The highest BCUT2D eigenvalue weighted by atomic mass is 35.5. The van der Waals surface area contributed by atoms with E-state index in [1.54, 1.807) is 0 Å². The molecule has 0 bridgehead atoms. The lowest BCUT2D eigenvalue weighted by molar-refractivity contribution is 0.418. The number of fused-ring (bicyclic) bond motifs is 1. The number of aromatic nitrogens is 4. The standard InChI is InChI=1S/C21H27N5.ClH/c1-5-24-9-8-19-11-18(6-7-20(19)24)21-12-22-14-25(21)13-17(4)26-16(3)10-15(2)23-26;/h6-7,10-12,14,17H,5,8-9,13H2,1-4H3;1H. The summed E-state index contributed by atoms with van der Waals surface area (Å²) in [5.74, 6) is 0. The fraction of sp³-hybridized carbons (Fsp3) is 0.429. The van der Waals surface area contributed by atoms with E-state index in [-0.39, 0.29) is 18.4 Å². The van der Waals surface area contributed by atoms with E-state index in [1.807, 2.05) is 19.4 Å². The molecular formula is C21H28ClN5. The van der Waals surface area contributed by atoms with Gasteiger partial charge < -0.3 is 9.47 Å². The number of hydrogen-bond donors (Lipinski definition) is 0. The van der Waals surface area contributed by atoms with Crippen molar-refractivity contribution >= 4 is 18.1 Å². The van der Waals surface area contributed by atoms with Crippen molar-refractivity contribution in [2.45, 2.75) is 46.7 Å². The van der Waals surface area contributed by atoms with Crippen LogP contribution in [0.5, 0.6) is 0 Å². The van der Waals surface area contributed by atoms with E-state index in [4.69, 9.17) is 0 Å². The van der Waals surface area contributed by atoms with Gasteiger partial charge in [0.15, 0.2) is 0 Å². The molecule has 2 aromatic heterocycles. The SMILES string of the molecule is CCN1CCc2cc(-c3cncn3CC(C)n3nc(C)cc3C)ccc21.Cl. The van der Waals surface area contributed by atoms with E-state index in [9.17, 15) is 0 Å². The minimum Gasteiger partial charge on any atom is -0.371 e. The first-order chi connectivity index (χ1) is 12.6. The second-order valence-corrected chi connectivity index (χ2v) is 7.33. The van der Waals surface area contributed by atoms with Gasteiger partial charge in [-0.25, -0.2) is 4.98 Å². The molecule has 3 heterocycles. The molecule has 0 fully saturated rings. The number of rotatable bonds is 5. The lowest BCUT2D eigenvalue weighted by atomic mass is 10.1. The predicted molar refractivity (Wildman–Crippen MR) is 113 cm³/mol. The van der Waals surface area contributed by atoms with Gasteiger partial charge in [-0.1, -0.05) is 6.07 Å². The monoisotopic (exact) mass is 385 g/mol. The summed E-state index contributed by atoms with van der Waals surface area (Å²) >= 11 is 0. The molecule has 0 N–H and O–H groups in total. The Morgan fingerprint density at radius 3 is 2.70 bits per heavy atom. The van der Waals surface area contributed by atoms with Crippen molar-refractivity contribution in [2.75, 3.05) is 18.0 Å². The molecule has 0 radical (unpaired) electrons. The molecule has 144 valence electrons. The van der Waals surface area contributed by atoms with E-state index in [2.05, 4.69) is 69.3 Å². The number of benzene rings is 1. The van der Waals surface area contributed by atoms with Crippen molar-refractivity contribution in [2.24, 2.45) is 0 Å². The molecule has 6 heteroatoms. The first-order valence-corrected chi connectivity index (χ1v) is 9.48. The van der Waals surface area contributed by atoms with Crippen LogP contribution in [0.4, 0.5) is 5.69 Å². The van der Waals surface area contributed by atoms with Crippen LogP contribution in [0.2, 0.25) is 0 Å². The molecule has 0 spiro atoms. The molecule has 1 aliphatic rings. The van der Waals surface area contributed by atoms with Gasteiger partial charge in [-0.15, -0.1) is 12.4 Å². The molecule has 5 nitrogen and oxygen atoms in total. The van der Waals surface area contributed by atoms with Crippen molar-refractivity contribution in [3.05, 3.63) is 53.7 Å². The van der Waals surface area contributed by atoms with E-state index < -0.39 is 0 Å². The summed E-state index contributed by atoms with van der Waals surface area (Å²) < 4.78 is 4.36. The van der Waals surface area contributed by atoms with Crippen molar-refractivity contribution in [1.82, 2.24) is 19.3 Å². The lowest BCUT2D eigenvalue weighted by Crippen LogP contribution is -2.19. The zero-order valence-electron chi connectivity index (χ0n) is 16.5. The van der Waals surface area contributed by atoms with E-state index >= 15 is 0 Å². The summed E-state index contributed by atoms with van der Waals surface area (Å²) in [7, 11) is 0. The van der Waals surface area contributed by atoms with Gasteiger partial charge in [0.05, 0.1) is 30.0 Å². The summed E-state index contributed by atoms with van der Waals surface area (Å²) in [6.07, 6.45) is 5.04. The highest BCUT2D eigenvalue weighted by molar-refractivity contribution is 5.85. The third-order valence-corrected chi connectivity index (χ3v) is 5.38. The molecule has 0 amide bonds. The van der Waals surface area contributed by atoms with Crippen molar-refractivity contribution in [1.29, 1.82) is 0 Å². The molecule has 0 aliphatic carbocycles. The third-order valence-electron chi connectivity index (χ3n) is 5.38. The minimum absolute atomic E-state index is 0. The molecular weight excluding hydrogens is 358 g/mol. The van der Waals surface area contributed by atoms with Crippen LogP contribution in [0, 0.1) is 13.8 Å². The fourth-order valence-corrected chi connectivity index (χ4v) is 4.12. The third kappa shape index (κ3) is 3.61. The molecule has 1 aliphatic heterocycles. The normalized spacial score (nSPS) is 14.1. The summed E-state index contributed by atoms with van der Waals surface area (Å²) in [4.78, 5) is 6.87. The molecule has 3 aromatic rings. The van der Waals surface area contributed by atoms with Crippen LogP contribution in [0.25, 0.3) is 11.3 Å². The molecule has 1 unspecified atom stereocenters. The zero-order chi connectivity index (χ0) is 18.3. The largest absolute Gasteiger partial charge is 0.371 e. The first kappa shape index (κ1) is 19.5. The Labute approximate surface area is 167 Å². The Morgan fingerprint density at radius 2 is 2.00 bits per heavy atom. The minimum atomic E-state index is 0. The van der Waals surface area contributed by atoms with Crippen LogP contribution in [0.15, 0.2) is 36.8 Å². The average Bonchev–Trinajstić information content (AvgIpc) is 3.32. The van der Waals surface area contributed by atoms with E-state index in [0.29, 0.717) is 0 Å². The van der Waals surface area contributed by atoms with Gasteiger partial charge in [-0.3, -0.25) is 4.68 Å².